The first-order valence-electron chi connectivity index (χ1n) is 6.87. The van der Waals surface area contributed by atoms with Gasteiger partial charge in [-0.15, -0.1) is 11.3 Å². The van der Waals surface area contributed by atoms with Crippen molar-refractivity contribution in [3.63, 3.8) is 0 Å². The molecule has 2 N–H and O–H groups in total. The molecule has 0 saturated heterocycles. The highest BCUT2D eigenvalue weighted by Gasteiger charge is 2.03. The van der Waals surface area contributed by atoms with E-state index in [1.54, 1.807) is 11.3 Å². The quantitative estimate of drug-likeness (QED) is 0.861. The third kappa shape index (κ3) is 5.21. The minimum atomic E-state index is -0.00484. The van der Waals surface area contributed by atoms with Crippen molar-refractivity contribution in [3.8, 4) is 0 Å². The molecule has 0 aliphatic heterocycles. The lowest BCUT2D eigenvalue weighted by Crippen LogP contribution is -2.27. The second-order valence-corrected chi connectivity index (χ2v) is 6.60. The molecule has 112 valence electrons. The summed E-state index contributed by atoms with van der Waals surface area (Å²) >= 11 is 1.80. The highest BCUT2D eigenvalue weighted by atomic mass is 32.1. The molecule has 0 atom stereocenters. The van der Waals surface area contributed by atoms with Gasteiger partial charge in [0.1, 0.15) is 0 Å². The second kappa shape index (κ2) is 7.24. The summed E-state index contributed by atoms with van der Waals surface area (Å²) in [4.78, 5) is 16.1. The Balaban J connectivity index is 1.85. The van der Waals surface area contributed by atoms with E-state index >= 15 is 0 Å². The lowest BCUT2D eigenvalue weighted by atomic mass is 10.2. The number of hydrogen-bond acceptors (Lipinski definition) is 4. The summed E-state index contributed by atoms with van der Waals surface area (Å²) in [5.74, 6) is -0.00484. The van der Waals surface area contributed by atoms with Crippen LogP contribution in [0.3, 0.4) is 0 Å². The Kier molecular flexibility index (Phi) is 5.36. The van der Waals surface area contributed by atoms with Gasteiger partial charge in [0.2, 0.25) is 5.91 Å². The minimum Gasteiger partial charge on any atom is -0.380 e. The number of nitrogens with one attached hydrogen (secondary N) is 2. The standard InChI is InChI=1S/C16H21N3OS/c1-12-4-9-15(21-12)10-17-13-5-7-14(8-6-13)18-16(20)11-19(2)3/h4-9,17H,10-11H2,1-3H3,(H,18,20). The van der Waals surface area contributed by atoms with Gasteiger partial charge in [-0.2, -0.15) is 0 Å². The van der Waals surface area contributed by atoms with Gasteiger partial charge in [-0.1, -0.05) is 0 Å². The monoisotopic (exact) mass is 303 g/mol. The fraction of sp³-hybridized carbons (Fsp3) is 0.312. The van der Waals surface area contributed by atoms with E-state index in [4.69, 9.17) is 0 Å². The number of carbonyl (C=O) groups excluding carboxylic acids is 1. The molecule has 0 aliphatic carbocycles. The van der Waals surface area contributed by atoms with Crippen LogP contribution >= 0.6 is 11.3 Å². The van der Waals surface area contributed by atoms with Gasteiger partial charge in [0.05, 0.1) is 6.54 Å². The first kappa shape index (κ1) is 15.5. The molecule has 0 aliphatic rings. The Morgan fingerprint density at radius 1 is 1.10 bits per heavy atom. The highest BCUT2D eigenvalue weighted by Crippen LogP contribution is 2.18. The number of rotatable bonds is 6. The van der Waals surface area contributed by atoms with E-state index in [1.807, 2.05) is 43.3 Å². The lowest BCUT2D eigenvalue weighted by Gasteiger charge is -2.11. The van der Waals surface area contributed by atoms with Crippen molar-refractivity contribution in [3.05, 3.63) is 46.2 Å². The van der Waals surface area contributed by atoms with Crippen LogP contribution in [0.2, 0.25) is 0 Å². The number of anilines is 2. The van der Waals surface area contributed by atoms with Crippen molar-refractivity contribution >= 4 is 28.6 Å². The van der Waals surface area contributed by atoms with Crippen LogP contribution in [0.4, 0.5) is 11.4 Å². The largest absolute Gasteiger partial charge is 0.380 e. The van der Waals surface area contributed by atoms with Crippen LogP contribution in [0.15, 0.2) is 36.4 Å². The van der Waals surface area contributed by atoms with E-state index in [0.717, 1.165) is 17.9 Å². The van der Waals surface area contributed by atoms with E-state index in [2.05, 4.69) is 29.7 Å². The maximum absolute atomic E-state index is 11.7. The normalized spacial score (nSPS) is 10.7. The van der Waals surface area contributed by atoms with Crippen LogP contribution in [-0.2, 0) is 11.3 Å². The smallest absolute Gasteiger partial charge is 0.238 e. The average molecular weight is 303 g/mol. The van der Waals surface area contributed by atoms with Crippen molar-refractivity contribution in [2.75, 3.05) is 31.3 Å². The molecule has 21 heavy (non-hydrogen) atoms. The van der Waals surface area contributed by atoms with E-state index in [1.165, 1.54) is 9.75 Å². The number of likely N-dealkylation sites (N-methyl/N-ethyl adjacent to an activating group) is 1. The van der Waals surface area contributed by atoms with Crippen molar-refractivity contribution in [2.45, 2.75) is 13.5 Å². The maximum Gasteiger partial charge on any atom is 0.238 e. The topological polar surface area (TPSA) is 44.4 Å². The van der Waals surface area contributed by atoms with Crippen molar-refractivity contribution in [2.24, 2.45) is 0 Å². The Labute approximate surface area is 129 Å². The van der Waals surface area contributed by atoms with Crippen molar-refractivity contribution in [1.82, 2.24) is 4.90 Å². The number of hydrogen-bond donors (Lipinski definition) is 2. The number of amides is 1. The summed E-state index contributed by atoms with van der Waals surface area (Å²) in [7, 11) is 3.75. The number of thiophene rings is 1. The number of carbonyl (C=O) groups is 1. The van der Waals surface area contributed by atoms with Crippen molar-refractivity contribution < 1.29 is 4.79 Å². The van der Waals surface area contributed by atoms with Gasteiger partial charge < -0.3 is 15.5 Å². The predicted molar refractivity (Wildman–Crippen MR) is 90.0 cm³/mol. The summed E-state index contributed by atoms with van der Waals surface area (Å²) in [5, 5.41) is 6.25. The summed E-state index contributed by atoms with van der Waals surface area (Å²) in [5.41, 5.74) is 1.87. The number of aryl methyl sites for hydroxylation is 1. The maximum atomic E-state index is 11.7. The predicted octanol–water partition coefficient (Wildman–Crippen LogP) is 3.17. The molecule has 0 fully saturated rings. The summed E-state index contributed by atoms with van der Waals surface area (Å²) in [6, 6.07) is 12.1. The van der Waals surface area contributed by atoms with Gasteiger partial charge >= 0.3 is 0 Å². The van der Waals surface area contributed by atoms with Gasteiger partial charge in [-0.3, -0.25) is 4.79 Å². The van der Waals surface area contributed by atoms with E-state index in [9.17, 15) is 4.79 Å². The van der Waals surface area contributed by atoms with Crippen LogP contribution < -0.4 is 10.6 Å². The Morgan fingerprint density at radius 2 is 1.76 bits per heavy atom. The van der Waals surface area contributed by atoms with Crippen LogP contribution in [0.1, 0.15) is 9.75 Å². The molecule has 0 saturated carbocycles. The zero-order valence-corrected chi connectivity index (χ0v) is 13.5. The zero-order valence-electron chi connectivity index (χ0n) is 12.6. The SMILES string of the molecule is Cc1ccc(CNc2ccc(NC(=O)CN(C)C)cc2)s1. The molecule has 2 aromatic rings. The van der Waals surface area contributed by atoms with Crippen LogP contribution in [0.25, 0.3) is 0 Å². The molecule has 4 nitrogen and oxygen atoms in total. The zero-order chi connectivity index (χ0) is 15.2. The Hall–Kier alpha value is -1.85. The molecule has 1 aromatic carbocycles. The third-order valence-electron chi connectivity index (χ3n) is 2.89. The Morgan fingerprint density at radius 3 is 2.33 bits per heavy atom. The molecule has 2 rings (SSSR count). The fourth-order valence-electron chi connectivity index (χ4n) is 1.93. The van der Waals surface area contributed by atoms with Gasteiger partial charge in [-0.05, 0) is 57.4 Å². The molecule has 0 spiro atoms. The molecule has 1 aromatic heterocycles. The van der Waals surface area contributed by atoms with E-state index in [-0.39, 0.29) is 5.91 Å². The first-order valence-corrected chi connectivity index (χ1v) is 7.68. The average Bonchev–Trinajstić information content (AvgIpc) is 2.83. The summed E-state index contributed by atoms with van der Waals surface area (Å²) in [6.45, 7) is 3.32. The third-order valence-corrected chi connectivity index (χ3v) is 3.89. The van der Waals surface area contributed by atoms with E-state index < -0.39 is 0 Å². The number of nitrogens with zero attached hydrogens (tertiary/aromatic N) is 1. The molecule has 0 unspecified atom stereocenters. The van der Waals surface area contributed by atoms with Gasteiger partial charge in [-0.25, -0.2) is 0 Å². The molecule has 1 amide bonds. The molecule has 0 radical (unpaired) electrons. The first-order chi connectivity index (χ1) is 10.0. The molecular formula is C16H21N3OS. The van der Waals surface area contributed by atoms with Gasteiger partial charge in [0.25, 0.3) is 0 Å². The van der Waals surface area contributed by atoms with Crippen molar-refractivity contribution in [1.29, 1.82) is 0 Å². The van der Waals surface area contributed by atoms with Gasteiger partial charge in [0.15, 0.2) is 0 Å². The summed E-state index contributed by atoms with van der Waals surface area (Å²) in [6.07, 6.45) is 0. The molecular weight excluding hydrogens is 282 g/mol. The molecule has 5 heteroatoms. The molecule has 0 bridgehead atoms. The summed E-state index contributed by atoms with van der Waals surface area (Å²) < 4.78 is 0. The van der Waals surface area contributed by atoms with Crippen LogP contribution in [-0.4, -0.2) is 31.4 Å². The number of benzene rings is 1. The Bertz CT molecular complexity index is 590. The lowest BCUT2D eigenvalue weighted by molar-refractivity contribution is -0.116. The minimum absolute atomic E-state index is 0.00484. The molecule has 1 heterocycles. The van der Waals surface area contributed by atoms with Crippen LogP contribution in [0.5, 0.6) is 0 Å². The highest BCUT2D eigenvalue weighted by molar-refractivity contribution is 7.11. The second-order valence-electron chi connectivity index (χ2n) is 5.23. The van der Waals surface area contributed by atoms with Crippen LogP contribution in [0, 0.1) is 6.92 Å². The van der Waals surface area contributed by atoms with Gasteiger partial charge in [0, 0.05) is 27.7 Å². The van der Waals surface area contributed by atoms with E-state index in [0.29, 0.717) is 6.54 Å². The fourth-order valence-corrected chi connectivity index (χ4v) is 2.76.